The molecule has 0 aliphatic carbocycles. The van der Waals surface area contributed by atoms with Crippen LogP contribution < -0.4 is 5.56 Å². The highest BCUT2D eigenvalue weighted by Gasteiger charge is 2.43. The van der Waals surface area contributed by atoms with E-state index in [1.165, 1.54) is 11.1 Å². The molecule has 2 atom stereocenters. The number of aromatic nitrogens is 1. The standard InChI is InChI=1S/C28H29N3O2/c32-26-13-7-12-25-23-14-20(16-31(25)26)15-30(17-23)28(33)24-18-29(19-24)27(21-8-3-1-4-9-21)22-10-5-2-6-11-22/h1-13,20,23-24,27H,14-19H2/t20-,23+/m0/s1. The Kier molecular flexibility index (Phi) is 5.14. The van der Waals surface area contributed by atoms with Crippen molar-refractivity contribution < 1.29 is 4.79 Å². The van der Waals surface area contributed by atoms with Crippen molar-refractivity contribution >= 4 is 5.91 Å². The predicted octanol–water partition coefficient (Wildman–Crippen LogP) is 3.52. The summed E-state index contributed by atoms with van der Waals surface area (Å²) in [6.45, 7) is 3.81. The van der Waals surface area contributed by atoms with Crippen LogP contribution in [0.4, 0.5) is 0 Å². The highest BCUT2D eigenvalue weighted by Crippen LogP contribution is 2.38. The Labute approximate surface area is 194 Å². The molecular formula is C28H29N3O2. The largest absolute Gasteiger partial charge is 0.341 e. The first-order valence-corrected chi connectivity index (χ1v) is 12.0. The van der Waals surface area contributed by atoms with Gasteiger partial charge in [-0.15, -0.1) is 0 Å². The van der Waals surface area contributed by atoms with Crippen LogP contribution >= 0.6 is 0 Å². The number of piperidine rings is 1. The van der Waals surface area contributed by atoms with Gasteiger partial charge in [0, 0.05) is 50.4 Å². The van der Waals surface area contributed by atoms with Crippen molar-refractivity contribution in [3.63, 3.8) is 0 Å². The van der Waals surface area contributed by atoms with E-state index in [1.54, 1.807) is 6.07 Å². The first kappa shape index (κ1) is 20.4. The predicted molar refractivity (Wildman–Crippen MR) is 128 cm³/mol. The van der Waals surface area contributed by atoms with Crippen molar-refractivity contribution in [3.8, 4) is 0 Å². The highest BCUT2D eigenvalue weighted by molar-refractivity contribution is 5.80. The number of hydrogen-bond donors (Lipinski definition) is 0. The molecule has 2 saturated heterocycles. The topological polar surface area (TPSA) is 45.6 Å². The normalized spacial score (nSPS) is 22.6. The van der Waals surface area contributed by atoms with Crippen LogP contribution in [0.25, 0.3) is 0 Å². The third-order valence-electron chi connectivity index (χ3n) is 7.65. The molecule has 168 valence electrons. The van der Waals surface area contributed by atoms with Crippen LogP contribution in [0.15, 0.2) is 83.7 Å². The minimum Gasteiger partial charge on any atom is -0.341 e. The van der Waals surface area contributed by atoms with E-state index in [1.807, 2.05) is 22.8 Å². The molecule has 3 aliphatic heterocycles. The first-order valence-electron chi connectivity index (χ1n) is 12.0. The summed E-state index contributed by atoms with van der Waals surface area (Å²) in [6.07, 6.45) is 1.08. The molecule has 4 heterocycles. The quantitative estimate of drug-likeness (QED) is 0.625. The van der Waals surface area contributed by atoms with Crippen LogP contribution in [0.3, 0.4) is 0 Å². The second-order valence-electron chi connectivity index (χ2n) is 9.82. The molecule has 33 heavy (non-hydrogen) atoms. The van der Waals surface area contributed by atoms with Gasteiger partial charge in [-0.3, -0.25) is 14.5 Å². The highest BCUT2D eigenvalue weighted by atomic mass is 16.2. The van der Waals surface area contributed by atoms with Crippen LogP contribution in [0, 0.1) is 11.8 Å². The van der Waals surface area contributed by atoms with Gasteiger partial charge >= 0.3 is 0 Å². The number of amides is 1. The fraction of sp³-hybridized carbons (Fsp3) is 0.357. The van der Waals surface area contributed by atoms with Crippen molar-refractivity contribution in [1.29, 1.82) is 0 Å². The van der Waals surface area contributed by atoms with Crippen LogP contribution in [-0.4, -0.2) is 46.5 Å². The van der Waals surface area contributed by atoms with Crippen LogP contribution in [-0.2, 0) is 11.3 Å². The minimum absolute atomic E-state index is 0.0525. The summed E-state index contributed by atoms with van der Waals surface area (Å²) in [7, 11) is 0. The number of likely N-dealkylation sites (tertiary alicyclic amines) is 2. The number of carbonyl (C=O) groups is 1. The lowest BCUT2D eigenvalue weighted by atomic mass is 9.82. The molecule has 6 rings (SSSR count). The van der Waals surface area contributed by atoms with E-state index in [4.69, 9.17) is 0 Å². The number of rotatable bonds is 4. The Balaban J connectivity index is 1.17. The van der Waals surface area contributed by atoms with Gasteiger partial charge in [-0.25, -0.2) is 0 Å². The molecule has 3 aliphatic rings. The van der Waals surface area contributed by atoms with Crippen LogP contribution in [0.1, 0.15) is 35.2 Å². The first-order chi connectivity index (χ1) is 16.2. The summed E-state index contributed by atoms with van der Waals surface area (Å²) in [5.41, 5.74) is 3.72. The smallest absolute Gasteiger partial charge is 0.250 e. The zero-order valence-corrected chi connectivity index (χ0v) is 18.7. The lowest BCUT2D eigenvalue weighted by Crippen LogP contribution is -2.58. The maximum Gasteiger partial charge on any atom is 0.250 e. The molecule has 5 nitrogen and oxygen atoms in total. The summed E-state index contributed by atoms with van der Waals surface area (Å²) >= 11 is 0. The van der Waals surface area contributed by atoms with E-state index < -0.39 is 0 Å². The Morgan fingerprint density at radius 1 is 0.758 bits per heavy atom. The van der Waals surface area contributed by atoms with Crippen LogP contribution in [0.5, 0.6) is 0 Å². The van der Waals surface area contributed by atoms with Gasteiger partial charge in [-0.1, -0.05) is 66.7 Å². The number of carbonyl (C=O) groups excluding carboxylic acids is 1. The maximum absolute atomic E-state index is 13.5. The Hall–Kier alpha value is -3.18. The van der Waals surface area contributed by atoms with Gasteiger partial charge in [-0.2, -0.15) is 0 Å². The van der Waals surface area contributed by atoms with E-state index >= 15 is 0 Å². The molecule has 2 fully saturated rings. The average Bonchev–Trinajstić information content (AvgIpc) is 2.82. The van der Waals surface area contributed by atoms with Gasteiger partial charge < -0.3 is 9.47 Å². The number of fused-ring (bicyclic) bond motifs is 4. The van der Waals surface area contributed by atoms with Gasteiger partial charge in [0.2, 0.25) is 5.91 Å². The third kappa shape index (κ3) is 3.70. The van der Waals surface area contributed by atoms with Gasteiger partial charge in [0.1, 0.15) is 0 Å². The number of hydrogen-bond acceptors (Lipinski definition) is 3. The van der Waals surface area contributed by atoms with Crippen molar-refractivity contribution in [2.75, 3.05) is 26.2 Å². The zero-order chi connectivity index (χ0) is 22.4. The maximum atomic E-state index is 13.5. The molecule has 0 unspecified atom stereocenters. The molecular weight excluding hydrogens is 410 g/mol. The zero-order valence-electron chi connectivity index (χ0n) is 18.7. The van der Waals surface area contributed by atoms with Gasteiger partial charge in [0.15, 0.2) is 0 Å². The minimum atomic E-state index is 0.0525. The van der Waals surface area contributed by atoms with Gasteiger partial charge in [0.05, 0.1) is 12.0 Å². The molecule has 1 amide bonds. The lowest BCUT2D eigenvalue weighted by molar-refractivity contribution is -0.144. The van der Waals surface area contributed by atoms with E-state index in [9.17, 15) is 9.59 Å². The number of benzene rings is 2. The Morgan fingerprint density at radius 2 is 1.42 bits per heavy atom. The summed E-state index contributed by atoms with van der Waals surface area (Å²) < 4.78 is 1.93. The van der Waals surface area contributed by atoms with Crippen molar-refractivity contribution in [1.82, 2.24) is 14.4 Å². The summed E-state index contributed by atoms with van der Waals surface area (Å²) in [5.74, 6) is 0.982. The van der Waals surface area contributed by atoms with E-state index in [0.717, 1.165) is 44.8 Å². The molecule has 2 bridgehead atoms. The fourth-order valence-electron chi connectivity index (χ4n) is 6.10. The fourth-order valence-corrected chi connectivity index (χ4v) is 6.10. The van der Waals surface area contributed by atoms with Crippen molar-refractivity contribution in [2.24, 2.45) is 11.8 Å². The summed E-state index contributed by atoms with van der Waals surface area (Å²) in [5, 5.41) is 0. The van der Waals surface area contributed by atoms with E-state index in [2.05, 4.69) is 64.4 Å². The lowest BCUT2D eigenvalue weighted by Gasteiger charge is -2.48. The van der Waals surface area contributed by atoms with Gasteiger partial charge in [0.25, 0.3) is 5.56 Å². The van der Waals surface area contributed by atoms with Crippen LogP contribution in [0.2, 0.25) is 0 Å². The Morgan fingerprint density at radius 3 is 2.09 bits per heavy atom. The monoisotopic (exact) mass is 439 g/mol. The summed E-state index contributed by atoms with van der Waals surface area (Å²) in [4.78, 5) is 30.3. The molecule has 5 heteroatoms. The molecule has 0 spiro atoms. The summed E-state index contributed by atoms with van der Waals surface area (Å²) in [6, 6.07) is 26.9. The molecule has 2 aromatic carbocycles. The molecule has 0 saturated carbocycles. The van der Waals surface area contributed by atoms with E-state index in [0.29, 0.717) is 5.92 Å². The van der Waals surface area contributed by atoms with Crippen molar-refractivity contribution in [2.45, 2.75) is 24.9 Å². The van der Waals surface area contributed by atoms with Gasteiger partial charge in [-0.05, 0) is 29.5 Å². The second kappa shape index (κ2) is 8.31. The molecule has 1 aromatic heterocycles. The number of nitrogens with zero attached hydrogens (tertiary/aromatic N) is 3. The third-order valence-corrected chi connectivity index (χ3v) is 7.65. The van der Waals surface area contributed by atoms with Crippen molar-refractivity contribution in [3.05, 3.63) is 106 Å². The molecule has 0 radical (unpaired) electrons. The molecule has 3 aromatic rings. The molecule has 0 N–H and O–H groups in total. The van der Waals surface area contributed by atoms with E-state index in [-0.39, 0.29) is 29.3 Å². The Bertz CT molecular complexity index is 1160. The number of pyridine rings is 1. The second-order valence-corrected chi connectivity index (χ2v) is 9.82. The average molecular weight is 440 g/mol. The SMILES string of the molecule is O=C(C1CN(C(c2ccccc2)c2ccccc2)C1)N1C[C@@H]2C[C@H](C1)c1cccc(=O)n1C2.